The molecule has 1 aromatic carbocycles. The number of hydrogen-bond donors (Lipinski definition) is 3. The number of thiophene rings is 1. The molecule has 0 fully saturated rings. The second-order valence-electron chi connectivity index (χ2n) is 5.70. The number of nitrogens with one attached hydrogen (secondary N) is 2. The average Bonchev–Trinajstić information content (AvgIpc) is 3.16. The van der Waals surface area contributed by atoms with Crippen molar-refractivity contribution in [3.05, 3.63) is 58.3 Å². The molecule has 1 heterocycles. The average molecular weight is 362 g/mol. The van der Waals surface area contributed by atoms with Gasteiger partial charge in [-0.15, -0.1) is 11.3 Å². The highest BCUT2D eigenvalue weighted by Crippen LogP contribution is 2.15. The van der Waals surface area contributed by atoms with Crippen molar-refractivity contribution in [3.8, 4) is 0 Å². The van der Waals surface area contributed by atoms with Gasteiger partial charge in [0.1, 0.15) is 0 Å². The molecule has 0 saturated heterocycles. The summed E-state index contributed by atoms with van der Waals surface area (Å²) in [5.41, 5.74) is 1.11. The number of aliphatic hydroxyl groups is 1. The van der Waals surface area contributed by atoms with Gasteiger partial charge < -0.3 is 20.5 Å². The number of nitrogens with zero attached hydrogens (tertiary/aromatic N) is 1. The van der Waals surface area contributed by atoms with Gasteiger partial charge in [-0.3, -0.25) is 0 Å². The summed E-state index contributed by atoms with van der Waals surface area (Å²) in [4.78, 5) is 5.73. The highest BCUT2D eigenvalue weighted by molar-refractivity contribution is 7.09. The molecule has 2 atom stereocenters. The molecule has 2 unspecified atom stereocenters. The largest absolute Gasteiger partial charge is 0.389 e. The summed E-state index contributed by atoms with van der Waals surface area (Å²) in [6, 6.07) is 14.1. The summed E-state index contributed by atoms with van der Waals surface area (Å²) in [7, 11) is 0. The molecule has 0 aliphatic carbocycles. The molecular formula is C19H27N3O2S. The van der Waals surface area contributed by atoms with Gasteiger partial charge in [0.25, 0.3) is 0 Å². The third kappa shape index (κ3) is 7.25. The molecule has 0 radical (unpaired) electrons. The number of aliphatic imine (C=N–C) groups is 1. The van der Waals surface area contributed by atoms with Crippen LogP contribution >= 0.6 is 11.3 Å². The first-order valence-electron chi connectivity index (χ1n) is 8.58. The Labute approximate surface area is 153 Å². The van der Waals surface area contributed by atoms with Crippen LogP contribution in [-0.2, 0) is 11.3 Å². The van der Waals surface area contributed by atoms with Crippen molar-refractivity contribution in [1.82, 2.24) is 10.6 Å². The van der Waals surface area contributed by atoms with Crippen LogP contribution in [0.25, 0.3) is 0 Å². The first kappa shape index (κ1) is 19.4. The van der Waals surface area contributed by atoms with Gasteiger partial charge in [-0.05, 0) is 30.9 Å². The Morgan fingerprint density at radius 2 is 2.00 bits per heavy atom. The maximum absolute atomic E-state index is 10.1. The van der Waals surface area contributed by atoms with Crippen molar-refractivity contribution < 1.29 is 9.84 Å². The van der Waals surface area contributed by atoms with Gasteiger partial charge >= 0.3 is 0 Å². The Bertz CT molecular complexity index is 617. The molecular weight excluding hydrogens is 334 g/mol. The lowest BCUT2D eigenvalue weighted by molar-refractivity contribution is -0.000599. The Hall–Kier alpha value is -1.89. The van der Waals surface area contributed by atoms with Crippen LogP contribution in [0, 0.1) is 0 Å². The van der Waals surface area contributed by atoms with E-state index in [1.165, 1.54) is 4.88 Å². The zero-order valence-corrected chi connectivity index (χ0v) is 15.6. The van der Waals surface area contributed by atoms with Gasteiger partial charge in [-0.2, -0.15) is 0 Å². The minimum atomic E-state index is -0.600. The van der Waals surface area contributed by atoms with Crippen molar-refractivity contribution in [3.63, 3.8) is 0 Å². The van der Waals surface area contributed by atoms with E-state index in [1.54, 1.807) is 11.3 Å². The molecule has 2 aromatic rings. The predicted octanol–water partition coefficient (Wildman–Crippen LogP) is 2.94. The zero-order valence-electron chi connectivity index (χ0n) is 14.8. The van der Waals surface area contributed by atoms with E-state index >= 15 is 0 Å². The van der Waals surface area contributed by atoms with Crippen molar-refractivity contribution in [1.29, 1.82) is 0 Å². The van der Waals surface area contributed by atoms with E-state index in [-0.39, 0.29) is 12.7 Å². The van der Waals surface area contributed by atoms with Crippen molar-refractivity contribution in [2.45, 2.75) is 32.6 Å². The number of hydrogen-bond acceptors (Lipinski definition) is 4. The monoisotopic (exact) mass is 361 g/mol. The smallest absolute Gasteiger partial charge is 0.191 e. The summed E-state index contributed by atoms with van der Waals surface area (Å²) < 4.78 is 5.75. The molecule has 25 heavy (non-hydrogen) atoms. The molecule has 2 rings (SSSR count). The summed E-state index contributed by atoms with van der Waals surface area (Å²) in [6.07, 6.45) is -0.645. The van der Waals surface area contributed by atoms with Gasteiger partial charge in [-0.25, -0.2) is 4.99 Å². The Balaban J connectivity index is 1.74. The Morgan fingerprint density at radius 1 is 1.20 bits per heavy atom. The van der Waals surface area contributed by atoms with Crippen LogP contribution in [0.4, 0.5) is 0 Å². The van der Waals surface area contributed by atoms with Crippen LogP contribution in [0.5, 0.6) is 0 Å². The van der Waals surface area contributed by atoms with E-state index in [1.807, 2.05) is 55.6 Å². The van der Waals surface area contributed by atoms with E-state index < -0.39 is 6.10 Å². The zero-order chi connectivity index (χ0) is 17.9. The predicted molar refractivity (Wildman–Crippen MR) is 104 cm³/mol. The van der Waals surface area contributed by atoms with Gasteiger partial charge in [0, 0.05) is 18.0 Å². The lowest BCUT2D eigenvalue weighted by Gasteiger charge is -2.18. The van der Waals surface area contributed by atoms with E-state index in [4.69, 9.17) is 4.74 Å². The lowest BCUT2D eigenvalue weighted by Crippen LogP contribution is -2.42. The first-order valence-corrected chi connectivity index (χ1v) is 9.46. The summed E-state index contributed by atoms with van der Waals surface area (Å²) >= 11 is 1.68. The van der Waals surface area contributed by atoms with Crippen LogP contribution in [-0.4, -0.2) is 36.9 Å². The third-order valence-electron chi connectivity index (χ3n) is 3.63. The van der Waals surface area contributed by atoms with E-state index in [2.05, 4.69) is 21.7 Å². The number of guanidine groups is 1. The maximum atomic E-state index is 10.1. The van der Waals surface area contributed by atoms with Crippen molar-refractivity contribution >= 4 is 17.3 Å². The fourth-order valence-electron chi connectivity index (χ4n) is 2.25. The SMILES string of the molecule is CCNC(=NCc1cccs1)NCC(O)COC(C)c1ccccc1. The lowest BCUT2D eigenvalue weighted by atomic mass is 10.1. The Morgan fingerprint density at radius 3 is 2.68 bits per heavy atom. The van der Waals surface area contributed by atoms with Gasteiger partial charge in [0.05, 0.1) is 25.4 Å². The molecule has 0 saturated carbocycles. The van der Waals surface area contributed by atoms with Crippen LogP contribution in [0.1, 0.15) is 30.4 Å². The van der Waals surface area contributed by atoms with Gasteiger partial charge in [0.15, 0.2) is 5.96 Å². The minimum Gasteiger partial charge on any atom is -0.389 e. The fraction of sp³-hybridized carbons (Fsp3) is 0.421. The summed E-state index contributed by atoms with van der Waals surface area (Å²) in [5.74, 6) is 0.700. The second-order valence-corrected chi connectivity index (χ2v) is 6.73. The summed E-state index contributed by atoms with van der Waals surface area (Å²) in [5, 5.41) is 18.5. The standard InChI is InChI=1S/C19H27N3O2S/c1-3-20-19(22-13-18-10-7-11-25-18)21-12-17(23)14-24-15(2)16-8-5-4-6-9-16/h4-11,15,17,23H,3,12-14H2,1-2H3,(H2,20,21,22). The molecule has 0 aliphatic rings. The van der Waals surface area contributed by atoms with Crippen LogP contribution in [0.3, 0.4) is 0 Å². The van der Waals surface area contributed by atoms with Crippen LogP contribution in [0.2, 0.25) is 0 Å². The molecule has 0 amide bonds. The molecule has 0 bridgehead atoms. The molecule has 5 nitrogen and oxygen atoms in total. The van der Waals surface area contributed by atoms with Crippen molar-refractivity contribution in [2.24, 2.45) is 4.99 Å². The normalized spacial score (nSPS) is 14.1. The second kappa shape index (κ2) is 10.9. The van der Waals surface area contributed by atoms with E-state index in [9.17, 15) is 5.11 Å². The summed E-state index contributed by atoms with van der Waals surface area (Å²) in [6.45, 7) is 6.06. The topological polar surface area (TPSA) is 65.9 Å². The van der Waals surface area contributed by atoms with Crippen LogP contribution in [0.15, 0.2) is 52.8 Å². The fourth-order valence-corrected chi connectivity index (χ4v) is 2.88. The van der Waals surface area contributed by atoms with Crippen LogP contribution < -0.4 is 10.6 Å². The van der Waals surface area contributed by atoms with Gasteiger partial charge in [0.2, 0.25) is 0 Å². The molecule has 0 aliphatic heterocycles. The first-order chi connectivity index (χ1) is 12.2. The molecule has 0 spiro atoms. The Kier molecular flexibility index (Phi) is 8.45. The van der Waals surface area contributed by atoms with E-state index in [0.717, 1.165) is 12.1 Å². The molecule has 136 valence electrons. The van der Waals surface area contributed by atoms with Gasteiger partial charge in [-0.1, -0.05) is 36.4 Å². The number of benzene rings is 1. The number of rotatable bonds is 9. The number of aliphatic hydroxyl groups excluding tert-OH is 1. The maximum Gasteiger partial charge on any atom is 0.191 e. The molecule has 1 aromatic heterocycles. The number of ether oxygens (including phenoxy) is 1. The highest BCUT2D eigenvalue weighted by Gasteiger charge is 2.10. The van der Waals surface area contributed by atoms with E-state index in [0.29, 0.717) is 19.0 Å². The highest BCUT2D eigenvalue weighted by atomic mass is 32.1. The molecule has 6 heteroatoms. The van der Waals surface area contributed by atoms with Crippen molar-refractivity contribution in [2.75, 3.05) is 19.7 Å². The molecule has 3 N–H and O–H groups in total. The third-order valence-corrected chi connectivity index (χ3v) is 4.49. The minimum absolute atomic E-state index is 0.0448. The quantitative estimate of drug-likeness (QED) is 0.475.